The molecule has 0 spiro atoms. The van der Waals surface area contributed by atoms with Crippen molar-refractivity contribution in [3.63, 3.8) is 0 Å². The highest BCUT2D eigenvalue weighted by Gasteiger charge is 2.29. The van der Waals surface area contributed by atoms with E-state index in [1.54, 1.807) is 0 Å². The van der Waals surface area contributed by atoms with E-state index in [0.717, 1.165) is 80.2 Å². The number of ketones is 1. The van der Waals surface area contributed by atoms with Gasteiger partial charge in [0.2, 0.25) is 0 Å². The maximum atomic E-state index is 12.4. The van der Waals surface area contributed by atoms with Gasteiger partial charge in [0, 0.05) is 37.4 Å². The summed E-state index contributed by atoms with van der Waals surface area (Å²) in [6.45, 7) is 3.37. The molecule has 5 nitrogen and oxygen atoms in total. The van der Waals surface area contributed by atoms with Crippen LogP contribution in [-0.4, -0.2) is 42.7 Å². The molecular formula is C20H22N4O. The number of carbonyl (C=O) groups excluding carboxylic acids is 1. The quantitative estimate of drug-likeness (QED) is 0.792. The van der Waals surface area contributed by atoms with Gasteiger partial charge in [0.05, 0.1) is 17.7 Å². The van der Waals surface area contributed by atoms with Crippen LogP contribution in [0.15, 0.2) is 40.5 Å². The number of nitriles is 1. The Morgan fingerprint density at radius 2 is 1.72 bits per heavy atom. The number of anilines is 1. The third-order valence-electron chi connectivity index (χ3n) is 5.37. The molecule has 25 heavy (non-hydrogen) atoms. The van der Waals surface area contributed by atoms with E-state index in [-0.39, 0.29) is 5.78 Å². The number of hydrogen-bond acceptors (Lipinski definition) is 5. The van der Waals surface area contributed by atoms with Gasteiger partial charge in [0.1, 0.15) is 11.9 Å². The Balaban J connectivity index is 1.48. The molecule has 0 aromatic heterocycles. The van der Waals surface area contributed by atoms with Gasteiger partial charge in [-0.3, -0.25) is 4.79 Å². The van der Waals surface area contributed by atoms with E-state index in [1.165, 1.54) is 0 Å². The van der Waals surface area contributed by atoms with Crippen LogP contribution in [-0.2, 0) is 4.79 Å². The van der Waals surface area contributed by atoms with E-state index in [9.17, 15) is 10.1 Å². The largest absolute Gasteiger partial charge is 0.367 e. The van der Waals surface area contributed by atoms with Crippen molar-refractivity contribution >= 4 is 17.3 Å². The Labute approximate surface area is 148 Å². The van der Waals surface area contributed by atoms with Crippen LogP contribution in [0.5, 0.6) is 0 Å². The molecule has 4 rings (SSSR count). The molecule has 2 heterocycles. The van der Waals surface area contributed by atoms with Crippen molar-refractivity contribution in [1.82, 2.24) is 4.90 Å². The first-order valence-electron chi connectivity index (χ1n) is 9.08. The monoisotopic (exact) mass is 334 g/mol. The third kappa shape index (κ3) is 3.05. The van der Waals surface area contributed by atoms with E-state index in [0.29, 0.717) is 6.42 Å². The number of Topliss-reactive ketones (excluding diaryl/α,β-unsaturated/α-hetero) is 1. The number of carbonyl (C=O) groups is 1. The minimum Gasteiger partial charge on any atom is -0.367 e. The molecule has 128 valence electrons. The van der Waals surface area contributed by atoms with Crippen LogP contribution in [0.1, 0.15) is 37.7 Å². The van der Waals surface area contributed by atoms with E-state index >= 15 is 0 Å². The minimum atomic E-state index is 0.275. The zero-order valence-electron chi connectivity index (χ0n) is 14.4. The van der Waals surface area contributed by atoms with E-state index in [1.807, 2.05) is 24.3 Å². The van der Waals surface area contributed by atoms with Crippen molar-refractivity contribution in [3.8, 4) is 6.07 Å². The van der Waals surface area contributed by atoms with Crippen LogP contribution < -0.4 is 4.90 Å². The molecule has 0 bridgehead atoms. The molecule has 0 atom stereocenters. The van der Waals surface area contributed by atoms with E-state index in [2.05, 4.69) is 15.9 Å². The molecule has 5 heteroatoms. The summed E-state index contributed by atoms with van der Waals surface area (Å²) in [6, 6.07) is 10.0. The molecule has 0 unspecified atom stereocenters. The number of benzene rings is 1. The Hall–Kier alpha value is -2.61. The highest BCUT2D eigenvalue weighted by Crippen LogP contribution is 2.31. The summed E-state index contributed by atoms with van der Waals surface area (Å²) in [7, 11) is 0. The molecular weight excluding hydrogens is 312 g/mol. The lowest BCUT2D eigenvalue weighted by atomic mass is 9.90. The number of allylic oxidation sites excluding steroid dienone is 2. The Kier molecular flexibility index (Phi) is 4.27. The maximum Gasteiger partial charge on any atom is 0.168 e. The third-order valence-corrected chi connectivity index (χ3v) is 5.37. The van der Waals surface area contributed by atoms with Gasteiger partial charge in [0.15, 0.2) is 5.78 Å². The lowest BCUT2D eigenvalue weighted by Crippen LogP contribution is -2.50. The fourth-order valence-corrected chi connectivity index (χ4v) is 3.99. The summed E-state index contributed by atoms with van der Waals surface area (Å²) in [4.78, 5) is 21.8. The predicted molar refractivity (Wildman–Crippen MR) is 97.5 cm³/mol. The van der Waals surface area contributed by atoms with Crippen molar-refractivity contribution in [3.05, 3.63) is 41.1 Å². The maximum absolute atomic E-state index is 12.4. The summed E-state index contributed by atoms with van der Waals surface area (Å²) in [5.41, 5.74) is 3.74. The summed E-state index contributed by atoms with van der Waals surface area (Å²) >= 11 is 0. The first kappa shape index (κ1) is 15.9. The molecule has 3 aliphatic rings. The van der Waals surface area contributed by atoms with Crippen molar-refractivity contribution in [2.24, 2.45) is 4.99 Å². The van der Waals surface area contributed by atoms with Gasteiger partial charge in [-0.15, -0.1) is 0 Å². The van der Waals surface area contributed by atoms with Gasteiger partial charge in [-0.1, -0.05) is 12.1 Å². The Morgan fingerprint density at radius 3 is 2.52 bits per heavy atom. The normalized spacial score (nSPS) is 20.9. The van der Waals surface area contributed by atoms with E-state index < -0.39 is 0 Å². The van der Waals surface area contributed by atoms with Crippen molar-refractivity contribution < 1.29 is 4.79 Å². The zero-order chi connectivity index (χ0) is 17.2. The SMILES string of the molecule is N#Cc1ccccc1N1CCN(C2=NC3=C(CCCC3)C(=O)C2)CC1. The van der Waals surface area contributed by atoms with Crippen molar-refractivity contribution in [2.75, 3.05) is 31.1 Å². The second-order valence-electron chi connectivity index (χ2n) is 6.86. The number of hydrogen-bond donors (Lipinski definition) is 0. The zero-order valence-corrected chi connectivity index (χ0v) is 14.4. The molecule has 1 aromatic carbocycles. The first-order valence-corrected chi connectivity index (χ1v) is 9.08. The molecule has 0 amide bonds. The average Bonchev–Trinajstić information content (AvgIpc) is 2.68. The smallest absolute Gasteiger partial charge is 0.168 e. The van der Waals surface area contributed by atoms with Crippen LogP contribution >= 0.6 is 0 Å². The molecule has 0 N–H and O–H groups in total. The fourth-order valence-electron chi connectivity index (χ4n) is 3.99. The lowest BCUT2D eigenvalue weighted by molar-refractivity contribution is -0.115. The Bertz CT molecular complexity index is 794. The highest BCUT2D eigenvalue weighted by atomic mass is 16.1. The number of piperazine rings is 1. The van der Waals surface area contributed by atoms with Gasteiger partial charge in [-0.25, -0.2) is 4.99 Å². The minimum absolute atomic E-state index is 0.275. The summed E-state index contributed by atoms with van der Waals surface area (Å²) in [5, 5.41) is 9.30. The van der Waals surface area contributed by atoms with Gasteiger partial charge in [-0.05, 0) is 37.8 Å². The van der Waals surface area contributed by atoms with Crippen LogP contribution in [0.2, 0.25) is 0 Å². The van der Waals surface area contributed by atoms with Crippen LogP contribution in [0.3, 0.4) is 0 Å². The van der Waals surface area contributed by atoms with Gasteiger partial charge in [-0.2, -0.15) is 5.26 Å². The fraction of sp³-hybridized carbons (Fsp3) is 0.450. The van der Waals surface area contributed by atoms with Gasteiger partial charge in [0.25, 0.3) is 0 Å². The summed E-state index contributed by atoms with van der Waals surface area (Å²) < 4.78 is 0. The second-order valence-corrected chi connectivity index (χ2v) is 6.86. The topological polar surface area (TPSA) is 59.7 Å². The molecule has 1 aliphatic carbocycles. The molecule has 2 aliphatic heterocycles. The first-order chi connectivity index (χ1) is 12.3. The van der Waals surface area contributed by atoms with Crippen molar-refractivity contribution in [1.29, 1.82) is 5.26 Å². The number of aliphatic imine (C=N–C) groups is 1. The summed E-state index contributed by atoms with van der Waals surface area (Å²) in [6.07, 6.45) is 4.56. The molecule has 1 saturated heterocycles. The molecule has 0 saturated carbocycles. The number of amidine groups is 1. The van der Waals surface area contributed by atoms with Gasteiger partial charge < -0.3 is 9.80 Å². The second kappa shape index (κ2) is 6.72. The molecule has 0 radical (unpaired) electrons. The van der Waals surface area contributed by atoms with Crippen LogP contribution in [0.4, 0.5) is 5.69 Å². The molecule has 1 aromatic rings. The average molecular weight is 334 g/mol. The summed E-state index contributed by atoms with van der Waals surface area (Å²) in [5.74, 6) is 1.22. The number of para-hydroxylation sites is 1. The highest BCUT2D eigenvalue weighted by molar-refractivity contribution is 6.11. The number of nitrogens with zero attached hydrogens (tertiary/aromatic N) is 4. The lowest BCUT2D eigenvalue weighted by Gasteiger charge is -2.39. The van der Waals surface area contributed by atoms with Crippen LogP contribution in [0.25, 0.3) is 0 Å². The molecule has 1 fully saturated rings. The number of rotatable bonds is 1. The standard InChI is InChI=1S/C20H22N4O/c21-14-15-5-1-4-8-18(15)23-9-11-24(12-10-23)20-13-19(25)16-6-2-3-7-17(16)22-20/h1,4-5,8H,2-3,6-7,9-13H2. The van der Waals surface area contributed by atoms with E-state index in [4.69, 9.17) is 4.99 Å². The predicted octanol–water partition coefficient (Wildman–Crippen LogP) is 2.88. The van der Waals surface area contributed by atoms with Gasteiger partial charge >= 0.3 is 0 Å². The van der Waals surface area contributed by atoms with Crippen molar-refractivity contribution in [2.45, 2.75) is 32.1 Å². The van der Waals surface area contributed by atoms with Crippen LogP contribution in [0, 0.1) is 11.3 Å². The Morgan fingerprint density at radius 1 is 1.00 bits per heavy atom.